The quantitative estimate of drug-likeness (QED) is 0.349. The maximum atomic E-state index is 12.4. The van der Waals surface area contributed by atoms with Crippen LogP contribution in [0.4, 0.5) is 11.4 Å². The number of sulfonamides is 1. The van der Waals surface area contributed by atoms with Gasteiger partial charge in [-0.05, 0) is 30.3 Å². The van der Waals surface area contributed by atoms with Crippen LogP contribution in [0.2, 0.25) is 0 Å². The van der Waals surface area contributed by atoms with Gasteiger partial charge < -0.3 is 15.0 Å². The number of para-hydroxylation sites is 1. The largest absolute Gasteiger partial charge is 0.494 e. The number of aromatic nitrogens is 1. The molecule has 4 aromatic rings. The van der Waals surface area contributed by atoms with Gasteiger partial charge in [0.1, 0.15) is 0 Å². The molecule has 0 aliphatic rings. The van der Waals surface area contributed by atoms with Crippen LogP contribution < -0.4 is 4.31 Å². The molecule has 0 aliphatic heterocycles. The molecule has 0 saturated carbocycles. The maximum Gasteiger partial charge on any atom is 0.232 e. The van der Waals surface area contributed by atoms with Crippen molar-refractivity contribution in [3.8, 4) is 5.88 Å². The predicted molar refractivity (Wildman–Crippen MR) is 144 cm³/mol. The highest BCUT2D eigenvalue weighted by Gasteiger charge is 2.20. The number of benzene rings is 3. The number of H-pyrrole nitrogens is 1. The topological polar surface area (TPSA) is 106 Å². The lowest BCUT2D eigenvalue weighted by atomic mass is 10.0. The average molecular weight is 505 g/mol. The molecular formula is C27H28N4O4S. The third-order valence-corrected chi connectivity index (χ3v) is 7.12. The summed E-state index contributed by atoms with van der Waals surface area (Å²) in [6.45, 7) is 1.84. The zero-order valence-electron chi connectivity index (χ0n) is 20.3. The summed E-state index contributed by atoms with van der Waals surface area (Å²) in [7, 11) is -1.93. The Morgan fingerprint density at radius 1 is 0.944 bits per heavy atom. The Morgan fingerprint density at radius 2 is 1.58 bits per heavy atom. The Kier molecular flexibility index (Phi) is 7.12. The Labute approximate surface area is 210 Å². The summed E-state index contributed by atoms with van der Waals surface area (Å²) < 4.78 is 26.2. The van der Waals surface area contributed by atoms with Crippen molar-refractivity contribution in [3.05, 3.63) is 90.0 Å². The van der Waals surface area contributed by atoms with E-state index >= 15 is 0 Å². The number of likely N-dealkylation sites (N-methyl/N-ethyl adjacent to an activating group) is 1. The lowest BCUT2D eigenvalue weighted by Crippen LogP contribution is -2.38. The lowest BCUT2D eigenvalue weighted by Gasteiger charge is -2.25. The first-order valence-electron chi connectivity index (χ1n) is 11.4. The van der Waals surface area contributed by atoms with Gasteiger partial charge in [-0.1, -0.05) is 48.5 Å². The zero-order valence-corrected chi connectivity index (χ0v) is 21.2. The number of hydrogen-bond donors (Lipinski definition) is 2. The normalized spacial score (nSPS) is 12.0. The minimum Gasteiger partial charge on any atom is -0.494 e. The van der Waals surface area contributed by atoms with E-state index in [0.717, 1.165) is 22.7 Å². The number of nitrogens with one attached hydrogen (secondary N) is 1. The lowest BCUT2D eigenvalue weighted by molar-refractivity contribution is -0.127. The molecule has 3 aromatic carbocycles. The van der Waals surface area contributed by atoms with Crippen LogP contribution in [-0.4, -0.2) is 61.4 Å². The fourth-order valence-corrected chi connectivity index (χ4v) is 4.85. The molecule has 1 amide bonds. The van der Waals surface area contributed by atoms with Crippen LogP contribution in [0.15, 0.2) is 83.9 Å². The number of rotatable bonds is 8. The number of fused-ring (bicyclic) bond motifs is 1. The van der Waals surface area contributed by atoms with Crippen LogP contribution in [0, 0.1) is 0 Å². The summed E-state index contributed by atoms with van der Waals surface area (Å²) in [5, 5.41) is 11.6. The second-order valence-corrected chi connectivity index (χ2v) is 10.4. The second-order valence-electron chi connectivity index (χ2n) is 8.51. The number of aromatic amines is 1. The number of carbonyl (C=O) groups excluding carboxylic acids is 1. The molecule has 0 atom stereocenters. The van der Waals surface area contributed by atoms with Gasteiger partial charge >= 0.3 is 0 Å². The van der Waals surface area contributed by atoms with Crippen LogP contribution in [-0.2, 0) is 14.8 Å². The molecule has 0 fully saturated rings. The number of hydrogen-bond acceptors (Lipinski definition) is 5. The number of aliphatic imine (C=N–C) groups is 1. The van der Waals surface area contributed by atoms with Gasteiger partial charge in [-0.3, -0.25) is 9.10 Å². The van der Waals surface area contributed by atoms with E-state index in [2.05, 4.69) is 4.98 Å². The molecule has 2 N–H and O–H groups in total. The number of carbonyl (C=O) groups is 1. The monoisotopic (exact) mass is 504 g/mol. The second kappa shape index (κ2) is 10.2. The molecule has 0 aliphatic carbocycles. The van der Waals surface area contributed by atoms with E-state index in [1.807, 2.05) is 54.6 Å². The van der Waals surface area contributed by atoms with E-state index in [1.165, 1.54) is 16.1 Å². The fourth-order valence-electron chi connectivity index (χ4n) is 3.94. The highest BCUT2D eigenvalue weighted by atomic mass is 32.2. The van der Waals surface area contributed by atoms with Crippen molar-refractivity contribution in [2.75, 3.05) is 30.7 Å². The predicted octanol–water partition coefficient (Wildman–Crippen LogP) is 4.29. The summed E-state index contributed by atoms with van der Waals surface area (Å²) in [5.41, 5.74) is 3.86. The van der Waals surface area contributed by atoms with E-state index in [0.29, 0.717) is 22.6 Å². The summed E-state index contributed by atoms with van der Waals surface area (Å²) in [6, 6.07) is 24.0. The van der Waals surface area contributed by atoms with Gasteiger partial charge in [0.15, 0.2) is 5.88 Å². The Balaban J connectivity index is 1.74. The van der Waals surface area contributed by atoms with Crippen molar-refractivity contribution in [2.45, 2.75) is 6.92 Å². The van der Waals surface area contributed by atoms with Gasteiger partial charge in [0.05, 0.1) is 35.5 Å². The van der Waals surface area contributed by atoms with E-state index in [1.54, 1.807) is 31.3 Å². The fraction of sp³-hybridized carbons (Fsp3) is 0.185. The van der Waals surface area contributed by atoms with Gasteiger partial charge in [-0.15, -0.1) is 0 Å². The van der Waals surface area contributed by atoms with Crippen LogP contribution in [0.1, 0.15) is 18.1 Å². The van der Waals surface area contributed by atoms with Crippen molar-refractivity contribution in [1.29, 1.82) is 0 Å². The first-order valence-corrected chi connectivity index (χ1v) is 13.2. The number of nitrogens with zero attached hydrogens (tertiary/aromatic N) is 3. The van der Waals surface area contributed by atoms with Gasteiger partial charge in [-0.2, -0.15) is 0 Å². The van der Waals surface area contributed by atoms with Crippen molar-refractivity contribution in [1.82, 2.24) is 9.88 Å². The molecule has 4 rings (SSSR count). The van der Waals surface area contributed by atoms with E-state index in [-0.39, 0.29) is 24.9 Å². The molecule has 36 heavy (non-hydrogen) atoms. The molecule has 0 spiro atoms. The molecule has 0 saturated heterocycles. The molecule has 9 heteroatoms. The highest BCUT2D eigenvalue weighted by Crippen LogP contribution is 2.32. The molecule has 186 valence electrons. The number of aromatic hydroxyl groups is 1. The molecule has 0 unspecified atom stereocenters. The minimum absolute atomic E-state index is 0.0215. The molecule has 0 radical (unpaired) electrons. The standard InChI is InChI=1S/C27H28N4O4S/c1-19(32)30(2)17-18-31(36(3,34)35)22-15-13-21(14-16-22)28-26(20-9-5-4-6-10-20)25-23-11-7-8-12-24(23)29-27(25)33/h4-16,29,33H,17-18H2,1-3H3. The SMILES string of the molecule is CC(=O)N(C)CCN(c1ccc(N=C(c2ccccc2)c2c(O)[nH]c3ccccc23)cc1)S(C)(=O)=O. The third-order valence-electron chi connectivity index (χ3n) is 5.93. The van der Waals surface area contributed by atoms with E-state index < -0.39 is 10.0 Å². The van der Waals surface area contributed by atoms with Crippen LogP contribution >= 0.6 is 0 Å². The maximum absolute atomic E-state index is 12.4. The summed E-state index contributed by atoms with van der Waals surface area (Å²) in [5.74, 6) is -0.115. The van der Waals surface area contributed by atoms with Crippen LogP contribution in [0.5, 0.6) is 5.88 Å². The van der Waals surface area contributed by atoms with Gasteiger partial charge in [0.25, 0.3) is 0 Å². The Morgan fingerprint density at radius 3 is 2.22 bits per heavy atom. The number of anilines is 1. The zero-order chi connectivity index (χ0) is 25.9. The van der Waals surface area contributed by atoms with Crippen LogP contribution in [0.25, 0.3) is 10.9 Å². The average Bonchev–Trinajstić information content (AvgIpc) is 3.18. The van der Waals surface area contributed by atoms with Crippen molar-refractivity contribution in [3.63, 3.8) is 0 Å². The Bertz CT molecular complexity index is 1510. The van der Waals surface area contributed by atoms with Crippen molar-refractivity contribution >= 4 is 43.9 Å². The van der Waals surface area contributed by atoms with Crippen LogP contribution in [0.3, 0.4) is 0 Å². The van der Waals surface area contributed by atoms with Crippen molar-refractivity contribution < 1.29 is 18.3 Å². The summed E-state index contributed by atoms with van der Waals surface area (Å²) in [6.07, 6.45) is 1.14. The van der Waals surface area contributed by atoms with Crippen molar-refractivity contribution in [2.24, 2.45) is 4.99 Å². The van der Waals surface area contributed by atoms with Gasteiger partial charge in [0.2, 0.25) is 15.9 Å². The third kappa shape index (κ3) is 5.41. The van der Waals surface area contributed by atoms with E-state index in [4.69, 9.17) is 4.99 Å². The van der Waals surface area contributed by atoms with Gasteiger partial charge in [-0.25, -0.2) is 13.4 Å². The Hall–Kier alpha value is -4.11. The summed E-state index contributed by atoms with van der Waals surface area (Å²) in [4.78, 5) is 20.9. The van der Waals surface area contributed by atoms with E-state index in [9.17, 15) is 18.3 Å². The first kappa shape index (κ1) is 25.0. The highest BCUT2D eigenvalue weighted by molar-refractivity contribution is 7.92. The molecular weight excluding hydrogens is 476 g/mol. The molecule has 1 aromatic heterocycles. The number of amides is 1. The van der Waals surface area contributed by atoms with Gasteiger partial charge in [0, 0.05) is 37.0 Å². The smallest absolute Gasteiger partial charge is 0.232 e. The first-order chi connectivity index (χ1) is 17.1. The molecule has 8 nitrogen and oxygen atoms in total. The molecule has 1 heterocycles. The minimum atomic E-state index is -3.56. The summed E-state index contributed by atoms with van der Waals surface area (Å²) >= 11 is 0. The molecule has 0 bridgehead atoms.